The molecule has 0 unspecified atom stereocenters. The number of likely N-dealkylation sites (tertiary alicyclic amines) is 1. The van der Waals surface area contributed by atoms with Crippen LogP contribution < -0.4 is 14.9 Å². The summed E-state index contributed by atoms with van der Waals surface area (Å²) in [7, 11) is 0. The zero-order valence-electron chi connectivity index (χ0n) is 30.6. The lowest BCUT2D eigenvalue weighted by atomic mass is 9.89. The molecule has 310 valence electrons. The quantitative estimate of drug-likeness (QED) is 0.0652. The van der Waals surface area contributed by atoms with E-state index < -0.39 is 46.6 Å². The van der Waals surface area contributed by atoms with Gasteiger partial charge in [0.25, 0.3) is 5.91 Å². The summed E-state index contributed by atoms with van der Waals surface area (Å²) in [5.41, 5.74) is 1.50. The van der Waals surface area contributed by atoms with Crippen LogP contribution in [0, 0.1) is 6.92 Å². The van der Waals surface area contributed by atoms with Crippen molar-refractivity contribution >= 4 is 72.3 Å². The molecule has 2 aromatic carbocycles. The van der Waals surface area contributed by atoms with E-state index in [1.165, 1.54) is 0 Å². The van der Waals surface area contributed by atoms with E-state index >= 15 is 0 Å². The van der Waals surface area contributed by atoms with E-state index in [2.05, 4.69) is 24.9 Å². The molecule has 58 heavy (non-hydrogen) atoms. The molecule has 0 radical (unpaired) electrons. The molecule has 0 aliphatic carbocycles. The zero-order chi connectivity index (χ0) is 41.4. The van der Waals surface area contributed by atoms with Crippen LogP contribution in [0.3, 0.4) is 0 Å². The molecule has 0 bridgehead atoms. The summed E-state index contributed by atoms with van der Waals surface area (Å²) >= 11 is 3.60. The van der Waals surface area contributed by atoms with Crippen LogP contribution in [-0.2, 0) is 32.0 Å². The van der Waals surface area contributed by atoms with Crippen LogP contribution in [0.5, 0.6) is 5.75 Å². The summed E-state index contributed by atoms with van der Waals surface area (Å²) in [5.74, 6) is -5.78. The van der Waals surface area contributed by atoms with Crippen LogP contribution >= 0.6 is 34.0 Å². The number of hydrogen-bond acceptors (Lipinski definition) is 13. The number of halogens is 6. The number of amides is 1. The number of carbonyl (C=O) groups is 3. The minimum atomic E-state index is -5.35. The fraction of sp³-hybridized carbons (Fsp3) is 0.432. The fourth-order valence-corrected chi connectivity index (χ4v) is 9.74. The summed E-state index contributed by atoms with van der Waals surface area (Å²) < 4.78 is 94.6. The molecule has 2 saturated heterocycles. The van der Waals surface area contributed by atoms with E-state index in [0.717, 1.165) is 63.7 Å². The number of morpholine rings is 1. The van der Waals surface area contributed by atoms with Gasteiger partial charge in [0, 0.05) is 48.7 Å². The number of alkyl halides is 6. The van der Waals surface area contributed by atoms with Gasteiger partial charge in [-0.2, -0.15) is 26.3 Å². The number of ether oxygens (including phenoxy) is 3. The molecule has 0 saturated carbocycles. The number of benzene rings is 2. The number of thiophene rings is 1. The number of piperidine rings is 1. The third-order valence-corrected chi connectivity index (χ3v) is 12.7. The van der Waals surface area contributed by atoms with E-state index in [1.54, 1.807) is 22.7 Å². The van der Waals surface area contributed by atoms with Crippen LogP contribution in [0.25, 0.3) is 20.4 Å². The van der Waals surface area contributed by atoms with Crippen molar-refractivity contribution in [3.8, 4) is 5.75 Å². The number of nitrogens with one attached hydrogen (secondary N) is 2. The number of aromatic nitrogens is 2. The van der Waals surface area contributed by atoms with Crippen LogP contribution in [0.2, 0.25) is 0 Å². The normalized spacial score (nSPS) is 16.9. The Labute approximate surface area is 337 Å². The molecule has 2 fully saturated rings. The summed E-state index contributed by atoms with van der Waals surface area (Å²) in [6, 6.07) is 9.60. The summed E-state index contributed by atoms with van der Waals surface area (Å²) in [6.07, 6.45) is -10.3. The first-order valence-electron chi connectivity index (χ1n) is 18.0. The van der Waals surface area contributed by atoms with Gasteiger partial charge in [-0.1, -0.05) is 11.3 Å². The highest BCUT2D eigenvalue weighted by Crippen LogP contribution is 2.36. The van der Waals surface area contributed by atoms with Gasteiger partial charge in [-0.25, -0.2) is 14.6 Å². The molecule has 12 nitrogen and oxygen atoms in total. The highest BCUT2D eigenvalue weighted by atomic mass is 32.1. The average Bonchev–Trinajstić information content (AvgIpc) is 3.90. The second kappa shape index (κ2) is 16.7. The van der Waals surface area contributed by atoms with Crippen molar-refractivity contribution in [1.29, 1.82) is 0 Å². The van der Waals surface area contributed by atoms with E-state index in [-0.39, 0.29) is 34.8 Å². The van der Waals surface area contributed by atoms with Crippen LogP contribution in [0.1, 0.15) is 50.3 Å². The van der Waals surface area contributed by atoms with Crippen LogP contribution in [-0.4, -0.2) is 101 Å². The minimum absolute atomic E-state index is 0.0294. The monoisotopic (exact) mass is 871 g/mol. The van der Waals surface area contributed by atoms with Gasteiger partial charge >= 0.3 is 29.2 Å². The van der Waals surface area contributed by atoms with Crippen molar-refractivity contribution in [2.75, 3.05) is 45.9 Å². The zero-order valence-corrected chi connectivity index (χ0v) is 33.0. The number of H-pyrrole nitrogens is 1. The highest BCUT2D eigenvalue weighted by molar-refractivity contribution is 7.18. The van der Waals surface area contributed by atoms with E-state index in [9.17, 15) is 45.5 Å². The Bertz CT molecular complexity index is 2380. The molecule has 3 aromatic heterocycles. The van der Waals surface area contributed by atoms with Crippen molar-refractivity contribution < 1.29 is 54.9 Å². The van der Waals surface area contributed by atoms with Gasteiger partial charge in [0.2, 0.25) is 0 Å². The lowest BCUT2D eigenvalue weighted by molar-refractivity contribution is -0.205. The van der Waals surface area contributed by atoms with E-state index in [0.29, 0.717) is 49.6 Å². The maximum Gasteiger partial charge on any atom is 0.491 e. The van der Waals surface area contributed by atoms with E-state index in [1.807, 2.05) is 41.5 Å². The average molecular weight is 872 g/mol. The fourth-order valence-electron chi connectivity index (χ4n) is 7.06. The standard InChI is InChI=1S/C37H35F6N5O7S3/c1-20-45-25-15-22(2-5-28(25)57-20)31(49)48-12-13-53-35(19-48)7-10-47(11-8-35)17-23-14-21(18-56-23)6-9-44-16-27(55-33(51)37(41,42)43)24-3-4-26(54-32(50)36(38,39)40)29-30(24)58-34(52)46-29/h2-5,14-15,18,27,44H,6-13,16-17,19H2,1H3,(H,46,52)/t27-/m0/s1. The van der Waals surface area contributed by atoms with Gasteiger partial charge in [0.05, 0.1) is 38.7 Å². The number of carbonyl (C=O) groups excluding carboxylic acids is 3. The molecule has 2 N–H and O–H groups in total. The van der Waals surface area contributed by atoms with Crippen molar-refractivity contribution in [2.45, 2.75) is 56.8 Å². The van der Waals surface area contributed by atoms with Crippen LogP contribution in [0.4, 0.5) is 26.3 Å². The molecular weight excluding hydrogens is 837 g/mol. The molecule has 2 aliphatic rings. The Balaban J connectivity index is 0.926. The van der Waals surface area contributed by atoms with Gasteiger partial charge in [-0.3, -0.25) is 14.5 Å². The molecule has 2 aliphatic heterocycles. The number of hydrogen-bond donors (Lipinski definition) is 2. The first-order valence-corrected chi connectivity index (χ1v) is 20.5. The summed E-state index contributed by atoms with van der Waals surface area (Å²) in [6.45, 7) is 5.58. The Morgan fingerprint density at radius 3 is 2.52 bits per heavy atom. The van der Waals surface area contributed by atoms with Gasteiger partial charge in [-0.05, 0) is 80.1 Å². The molecule has 5 aromatic rings. The van der Waals surface area contributed by atoms with Gasteiger partial charge in [0.1, 0.15) is 11.6 Å². The van der Waals surface area contributed by atoms with Crippen LogP contribution in [0.15, 0.2) is 46.6 Å². The Hall–Kier alpha value is -4.41. The lowest BCUT2D eigenvalue weighted by Crippen LogP contribution is -2.57. The lowest BCUT2D eigenvalue weighted by Gasteiger charge is -2.47. The smallest absolute Gasteiger partial charge is 0.449 e. The van der Waals surface area contributed by atoms with Gasteiger partial charge < -0.3 is 29.4 Å². The second-order valence-corrected chi connectivity index (χ2v) is 17.2. The first kappa shape index (κ1) is 41.7. The van der Waals surface area contributed by atoms with Crippen molar-refractivity contribution in [3.05, 3.63) is 78.0 Å². The number of aryl methyl sites for hydroxylation is 1. The molecule has 5 heterocycles. The molecule has 7 rings (SSSR count). The Morgan fingerprint density at radius 1 is 1.02 bits per heavy atom. The second-order valence-electron chi connectivity index (χ2n) is 14.0. The first-order chi connectivity index (χ1) is 27.5. The topological polar surface area (TPSA) is 143 Å². The number of esters is 2. The van der Waals surface area contributed by atoms with Gasteiger partial charge in [-0.15, -0.1) is 22.7 Å². The molecule has 1 amide bonds. The van der Waals surface area contributed by atoms with E-state index in [4.69, 9.17) is 9.47 Å². The Morgan fingerprint density at radius 2 is 1.78 bits per heavy atom. The number of nitrogens with zero attached hydrogens (tertiary/aromatic N) is 3. The highest BCUT2D eigenvalue weighted by Gasteiger charge is 2.44. The minimum Gasteiger partial charge on any atom is -0.449 e. The van der Waals surface area contributed by atoms with Crippen molar-refractivity contribution in [3.63, 3.8) is 0 Å². The predicted octanol–water partition coefficient (Wildman–Crippen LogP) is 6.52. The summed E-state index contributed by atoms with van der Waals surface area (Å²) in [4.78, 5) is 60.3. The molecule has 1 atom stereocenters. The number of fused-ring (bicyclic) bond motifs is 2. The molecule has 1 spiro atoms. The van der Waals surface area contributed by atoms with Crippen molar-refractivity contribution in [2.24, 2.45) is 0 Å². The largest absolute Gasteiger partial charge is 0.491 e. The maximum absolute atomic E-state index is 13.5. The van der Waals surface area contributed by atoms with Crippen molar-refractivity contribution in [1.82, 2.24) is 25.1 Å². The molecular formula is C37H35F6N5O7S3. The summed E-state index contributed by atoms with van der Waals surface area (Å²) in [5, 5.41) is 5.89. The predicted molar refractivity (Wildman–Crippen MR) is 203 cm³/mol. The maximum atomic E-state index is 13.5. The third kappa shape index (κ3) is 9.55. The molecule has 21 heteroatoms. The Kier molecular flexibility index (Phi) is 12.0. The SMILES string of the molecule is Cc1nc2cc(C(=O)N3CCOC4(CCN(Cc5cc(CCNC[C@H](OC(=O)C(F)(F)F)c6ccc(OC(=O)C(F)(F)F)c7[nH]c(=O)sc67)cs5)CC4)C3)ccc2s1. The number of rotatable bonds is 11. The van der Waals surface area contributed by atoms with Gasteiger partial charge in [0.15, 0.2) is 5.75 Å². The third-order valence-electron chi connectivity index (χ3n) is 9.89. The number of aromatic amines is 1. The number of thiazole rings is 2.